The molecule has 1 aromatic rings. The summed E-state index contributed by atoms with van der Waals surface area (Å²) in [6, 6.07) is 6.90. The molecule has 0 aliphatic carbocycles. The second kappa shape index (κ2) is 7.54. The summed E-state index contributed by atoms with van der Waals surface area (Å²) in [5.41, 5.74) is 0.0530. The molecule has 0 radical (unpaired) electrons. The number of hydrogen-bond donors (Lipinski definition) is 1. The fourth-order valence-corrected chi connectivity index (χ4v) is 2.82. The van der Waals surface area contributed by atoms with Crippen LogP contribution >= 0.6 is 23.2 Å². The third kappa shape index (κ3) is 4.61. The number of hydrogen-bond acceptors (Lipinski definition) is 2. The van der Waals surface area contributed by atoms with Crippen LogP contribution in [0.15, 0.2) is 24.3 Å². The van der Waals surface area contributed by atoms with Gasteiger partial charge in [0.15, 0.2) is 0 Å². The van der Waals surface area contributed by atoms with Gasteiger partial charge in [0.1, 0.15) is 0 Å². The van der Waals surface area contributed by atoms with Crippen molar-refractivity contribution in [1.82, 2.24) is 10.2 Å². The van der Waals surface area contributed by atoms with Crippen molar-refractivity contribution in [1.29, 1.82) is 0 Å². The lowest BCUT2D eigenvalue weighted by atomic mass is 9.92. The van der Waals surface area contributed by atoms with Gasteiger partial charge in [-0.2, -0.15) is 0 Å². The first-order valence-corrected chi connectivity index (χ1v) is 8.66. The van der Waals surface area contributed by atoms with E-state index < -0.39 is 5.41 Å². The van der Waals surface area contributed by atoms with Gasteiger partial charge in [-0.3, -0.25) is 9.59 Å². The number of halogens is 2. The minimum Gasteiger partial charge on any atom is -0.349 e. The van der Waals surface area contributed by atoms with Gasteiger partial charge >= 0.3 is 0 Å². The summed E-state index contributed by atoms with van der Waals surface area (Å²) < 4.78 is 0. The van der Waals surface area contributed by atoms with Gasteiger partial charge < -0.3 is 10.2 Å². The van der Waals surface area contributed by atoms with Crippen LogP contribution in [0.2, 0.25) is 5.02 Å². The molecule has 1 fully saturated rings. The van der Waals surface area contributed by atoms with E-state index in [4.69, 9.17) is 23.2 Å². The monoisotopic (exact) mass is 356 g/mol. The van der Waals surface area contributed by atoms with Crippen LogP contribution in [0.1, 0.15) is 37.0 Å². The summed E-state index contributed by atoms with van der Waals surface area (Å²) >= 11 is 11.7. The minimum atomic E-state index is -0.541. The van der Waals surface area contributed by atoms with Gasteiger partial charge in [0.2, 0.25) is 5.91 Å². The van der Waals surface area contributed by atoms with Gasteiger partial charge in [0.05, 0.1) is 5.41 Å². The summed E-state index contributed by atoms with van der Waals surface area (Å²) in [4.78, 5) is 26.4. The van der Waals surface area contributed by atoms with E-state index in [1.54, 1.807) is 24.3 Å². The molecule has 1 aliphatic rings. The van der Waals surface area contributed by atoms with Gasteiger partial charge in [-0.05, 0) is 51.0 Å². The molecule has 1 heterocycles. The smallest absolute Gasteiger partial charge is 0.251 e. The molecule has 1 aromatic carbocycles. The van der Waals surface area contributed by atoms with Crippen molar-refractivity contribution in [3.05, 3.63) is 34.9 Å². The van der Waals surface area contributed by atoms with Crippen molar-refractivity contribution in [2.75, 3.05) is 19.0 Å². The summed E-state index contributed by atoms with van der Waals surface area (Å²) in [6.45, 7) is 5.00. The van der Waals surface area contributed by atoms with E-state index >= 15 is 0 Å². The molecule has 0 aromatic heterocycles. The molecular weight excluding hydrogens is 335 g/mol. The third-order valence-corrected chi connectivity index (χ3v) is 5.06. The maximum atomic E-state index is 12.4. The van der Waals surface area contributed by atoms with Crippen molar-refractivity contribution >= 4 is 35.0 Å². The van der Waals surface area contributed by atoms with Crippen molar-refractivity contribution in [3.63, 3.8) is 0 Å². The molecule has 0 atom stereocenters. The lowest BCUT2D eigenvalue weighted by Gasteiger charge is -2.36. The molecule has 6 heteroatoms. The summed E-state index contributed by atoms with van der Waals surface area (Å²) in [5, 5.41) is 3.63. The topological polar surface area (TPSA) is 49.4 Å². The maximum absolute atomic E-state index is 12.4. The Bertz CT molecular complexity index is 564. The lowest BCUT2D eigenvalue weighted by molar-refractivity contribution is -0.140. The third-order valence-electron chi connectivity index (χ3n) is 4.14. The molecule has 23 heavy (non-hydrogen) atoms. The number of amides is 2. The SMILES string of the molecule is CC(C)(CCl)C(=O)N1CCC(NC(=O)c2ccc(Cl)cc2)CC1. The Hall–Kier alpha value is -1.26. The Morgan fingerprint density at radius 3 is 2.30 bits per heavy atom. The lowest BCUT2D eigenvalue weighted by Crippen LogP contribution is -2.50. The van der Waals surface area contributed by atoms with E-state index in [-0.39, 0.29) is 17.9 Å². The van der Waals surface area contributed by atoms with Crippen molar-refractivity contribution in [3.8, 4) is 0 Å². The predicted octanol–water partition coefficient (Wildman–Crippen LogP) is 3.33. The number of carbonyl (C=O) groups is 2. The average molecular weight is 357 g/mol. The van der Waals surface area contributed by atoms with E-state index in [9.17, 15) is 9.59 Å². The highest BCUT2D eigenvalue weighted by Crippen LogP contribution is 2.23. The quantitative estimate of drug-likeness (QED) is 0.841. The van der Waals surface area contributed by atoms with Crippen molar-refractivity contribution in [2.45, 2.75) is 32.7 Å². The summed E-state index contributed by atoms with van der Waals surface area (Å²) in [7, 11) is 0. The second-order valence-electron chi connectivity index (χ2n) is 6.56. The number of nitrogens with one attached hydrogen (secondary N) is 1. The average Bonchev–Trinajstić information content (AvgIpc) is 2.55. The molecule has 2 amide bonds. The van der Waals surface area contributed by atoms with E-state index in [1.807, 2.05) is 18.7 Å². The van der Waals surface area contributed by atoms with Crippen LogP contribution in [0.5, 0.6) is 0 Å². The van der Waals surface area contributed by atoms with Crippen LogP contribution in [-0.4, -0.2) is 41.7 Å². The van der Waals surface area contributed by atoms with Gasteiger partial charge in [-0.15, -0.1) is 11.6 Å². The van der Waals surface area contributed by atoms with Crippen LogP contribution in [0.4, 0.5) is 0 Å². The van der Waals surface area contributed by atoms with E-state index in [2.05, 4.69) is 5.32 Å². The molecular formula is C17H22Cl2N2O2. The Morgan fingerprint density at radius 1 is 1.22 bits per heavy atom. The molecule has 4 nitrogen and oxygen atoms in total. The van der Waals surface area contributed by atoms with Crippen molar-refractivity contribution < 1.29 is 9.59 Å². The molecule has 0 bridgehead atoms. The molecule has 1 aliphatic heterocycles. The van der Waals surface area contributed by atoms with Gasteiger partial charge in [-0.25, -0.2) is 0 Å². The van der Waals surface area contributed by atoms with E-state index in [1.165, 1.54) is 0 Å². The molecule has 1 N–H and O–H groups in total. The Morgan fingerprint density at radius 2 is 1.78 bits per heavy atom. The molecule has 1 saturated heterocycles. The number of likely N-dealkylation sites (tertiary alicyclic amines) is 1. The zero-order valence-electron chi connectivity index (χ0n) is 13.4. The zero-order chi connectivity index (χ0) is 17.0. The number of alkyl halides is 1. The van der Waals surface area contributed by atoms with Gasteiger partial charge in [0, 0.05) is 35.6 Å². The number of carbonyl (C=O) groups excluding carboxylic acids is 2. The molecule has 0 unspecified atom stereocenters. The second-order valence-corrected chi connectivity index (χ2v) is 7.27. The summed E-state index contributed by atoms with van der Waals surface area (Å²) in [5.74, 6) is 0.279. The molecule has 0 saturated carbocycles. The predicted molar refractivity (Wildman–Crippen MR) is 93.0 cm³/mol. The number of benzene rings is 1. The summed E-state index contributed by atoms with van der Waals surface area (Å²) in [6.07, 6.45) is 1.51. The van der Waals surface area contributed by atoms with Crippen LogP contribution in [-0.2, 0) is 4.79 Å². The maximum Gasteiger partial charge on any atom is 0.251 e. The number of nitrogens with zero attached hydrogens (tertiary/aromatic N) is 1. The molecule has 2 rings (SSSR count). The molecule has 126 valence electrons. The first-order valence-electron chi connectivity index (χ1n) is 7.75. The fourth-order valence-electron chi connectivity index (χ4n) is 2.58. The largest absolute Gasteiger partial charge is 0.349 e. The molecule has 0 spiro atoms. The van der Waals surface area contributed by atoms with E-state index in [0.29, 0.717) is 29.6 Å². The van der Waals surface area contributed by atoms with Crippen LogP contribution < -0.4 is 5.32 Å². The van der Waals surface area contributed by atoms with Crippen LogP contribution in [0, 0.1) is 5.41 Å². The van der Waals surface area contributed by atoms with Gasteiger partial charge in [-0.1, -0.05) is 11.6 Å². The fraction of sp³-hybridized carbons (Fsp3) is 0.529. The highest BCUT2D eigenvalue weighted by atomic mass is 35.5. The first kappa shape index (κ1) is 18.1. The first-order chi connectivity index (χ1) is 10.8. The van der Waals surface area contributed by atoms with Crippen molar-refractivity contribution in [2.24, 2.45) is 5.41 Å². The number of piperidine rings is 1. The zero-order valence-corrected chi connectivity index (χ0v) is 15.0. The Balaban J connectivity index is 1.86. The standard InChI is InChI=1S/C17H22Cl2N2O2/c1-17(2,11-18)16(23)21-9-7-14(8-10-21)20-15(22)12-3-5-13(19)6-4-12/h3-6,14H,7-11H2,1-2H3,(H,20,22). The van der Waals surface area contributed by atoms with Gasteiger partial charge in [0.25, 0.3) is 5.91 Å². The Kier molecular flexibility index (Phi) is 5.93. The number of rotatable bonds is 4. The minimum absolute atomic E-state index is 0.0787. The van der Waals surface area contributed by atoms with Crippen LogP contribution in [0.25, 0.3) is 0 Å². The van der Waals surface area contributed by atoms with Crippen LogP contribution in [0.3, 0.4) is 0 Å². The van der Waals surface area contributed by atoms with E-state index in [0.717, 1.165) is 12.8 Å². The normalized spacial score (nSPS) is 16.3. The highest BCUT2D eigenvalue weighted by Gasteiger charge is 2.33. The highest BCUT2D eigenvalue weighted by molar-refractivity contribution is 6.30. The Labute approximate surface area is 147 Å².